The van der Waals surface area contributed by atoms with Crippen LogP contribution in [0.1, 0.15) is 23.6 Å². The number of hydrogen-bond donors (Lipinski definition) is 1. The zero-order valence-corrected chi connectivity index (χ0v) is 14.2. The Labute approximate surface area is 147 Å². The van der Waals surface area contributed by atoms with E-state index in [0.29, 0.717) is 30.3 Å². The summed E-state index contributed by atoms with van der Waals surface area (Å²) < 4.78 is 5.66. The third-order valence-corrected chi connectivity index (χ3v) is 3.79. The molecule has 0 saturated carbocycles. The van der Waals surface area contributed by atoms with Crippen molar-refractivity contribution in [2.75, 3.05) is 18.5 Å². The van der Waals surface area contributed by atoms with Crippen LogP contribution in [0.5, 0.6) is 0 Å². The Hall–Kier alpha value is -3.14. The highest BCUT2D eigenvalue weighted by Crippen LogP contribution is 2.25. The van der Waals surface area contributed by atoms with E-state index in [-0.39, 0.29) is 5.91 Å². The van der Waals surface area contributed by atoms with E-state index in [4.69, 9.17) is 4.74 Å². The molecule has 0 radical (unpaired) electrons. The number of rotatable bonds is 5. The van der Waals surface area contributed by atoms with Gasteiger partial charge in [0.25, 0.3) is 5.91 Å². The van der Waals surface area contributed by atoms with Gasteiger partial charge in [-0.05, 0) is 24.1 Å². The minimum Gasteiger partial charge on any atom is -0.475 e. The fraction of sp³-hybridized carbons (Fsp3) is 0.143. The lowest BCUT2D eigenvalue weighted by atomic mass is 10.0. The number of benzene rings is 2. The number of ether oxygens (including phenoxy) is 1. The van der Waals surface area contributed by atoms with Gasteiger partial charge in [0.05, 0.1) is 17.8 Å². The van der Waals surface area contributed by atoms with Crippen molar-refractivity contribution in [3.05, 3.63) is 77.4 Å². The van der Waals surface area contributed by atoms with Crippen LogP contribution >= 0.6 is 0 Å². The van der Waals surface area contributed by atoms with Crippen molar-refractivity contribution in [3.8, 4) is 0 Å². The summed E-state index contributed by atoms with van der Waals surface area (Å²) in [6.07, 6.45) is 4.03. The van der Waals surface area contributed by atoms with Crippen LogP contribution in [-0.4, -0.2) is 25.0 Å². The van der Waals surface area contributed by atoms with Gasteiger partial charge in [-0.2, -0.15) is 0 Å². The van der Waals surface area contributed by atoms with Crippen LogP contribution in [0.3, 0.4) is 0 Å². The molecule has 1 N–H and O–H groups in total. The normalized spacial score (nSPS) is 13.4. The van der Waals surface area contributed by atoms with Crippen LogP contribution < -0.4 is 5.32 Å². The smallest absolute Gasteiger partial charge is 0.250 e. The van der Waals surface area contributed by atoms with E-state index in [2.05, 4.69) is 16.9 Å². The molecule has 0 unspecified atom stereocenters. The first-order valence-corrected chi connectivity index (χ1v) is 8.16. The van der Waals surface area contributed by atoms with E-state index in [0.717, 1.165) is 16.7 Å². The zero-order chi connectivity index (χ0) is 17.6. The SMILES string of the molecule is C=C(C)C(=O)Nc1cccc(/C=C/c2ccccc2)c1C1=NCCO1. The first kappa shape index (κ1) is 16.7. The third-order valence-electron chi connectivity index (χ3n) is 3.79. The van der Waals surface area contributed by atoms with Gasteiger partial charge >= 0.3 is 0 Å². The minimum absolute atomic E-state index is 0.218. The first-order chi connectivity index (χ1) is 12.1. The van der Waals surface area contributed by atoms with E-state index in [9.17, 15) is 4.79 Å². The van der Waals surface area contributed by atoms with Crippen molar-refractivity contribution >= 4 is 29.6 Å². The van der Waals surface area contributed by atoms with Crippen LogP contribution in [0.15, 0.2) is 65.7 Å². The largest absolute Gasteiger partial charge is 0.475 e. The molecule has 0 fully saturated rings. The van der Waals surface area contributed by atoms with E-state index in [1.807, 2.05) is 60.7 Å². The maximum atomic E-state index is 12.1. The lowest BCUT2D eigenvalue weighted by Gasteiger charge is -2.14. The monoisotopic (exact) mass is 332 g/mol. The maximum Gasteiger partial charge on any atom is 0.250 e. The van der Waals surface area contributed by atoms with Gasteiger partial charge in [-0.1, -0.05) is 61.2 Å². The molecule has 0 aliphatic carbocycles. The van der Waals surface area contributed by atoms with Gasteiger partial charge in [0.15, 0.2) is 0 Å². The second-order valence-electron chi connectivity index (χ2n) is 5.78. The third kappa shape index (κ3) is 4.04. The number of hydrogen-bond acceptors (Lipinski definition) is 3. The highest BCUT2D eigenvalue weighted by Gasteiger charge is 2.19. The fourth-order valence-corrected chi connectivity index (χ4v) is 2.52. The molecular formula is C21H20N2O2. The second kappa shape index (κ2) is 7.62. The molecular weight excluding hydrogens is 312 g/mol. The number of carbonyl (C=O) groups is 1. The molecule has 0 spiro atoms. The molecule has 3 rings (SSSR count). The van der Waals surface area contributed by atoms with Gasteiger partial charge in [0.1, 0.15) is 6.61 Å². The van der Waals surface area contributed by atoms with Crippen molar-refractivity contribution in [2.45, 2.75) is 6.92 Å². The van der Waals surface area contributed by atoms with E-state index in [1.165, 1.54) is 0 Å². The Morgan fingerprint density at radius 3 is 2.64 bits per heavy atom. The van der Waals surface area contributed by atoms with Crippen molar-refractivity contribution in [1.82, 2.24) is 0 Å². The molecule has 2 aromatic carbocycles. The predicted octanol–water partition coefficient (Wildman–Crippen LogP) is 4.15. The first-order valence-electron chi connectivity index (χ1n) is 8.16. The van der Waals surface area contributed by atoms with Crippen molar-refractivity contribution in [3.63, 3.8) is 0 Å². The number of anilines is 1. The minimum atomic E-state index is -0.218. The molecule has 2 aromatic rings. The van der Waals surface area contributed by atoms with Crippen molar-refractivity contribution in [1.29, 1.82) is 0 Å². The molecule has 4 nitrogen and oxygen atoms in total. The average molecular weight is 332 g/mol. The van der Waals surface area contributed by atoms with E-state index >= 15 is 0 Å². The molecule has 4 heteroatoms. The summed E-state index contributed by atoms with van der Waals surface area (Å²) in [4.78, 5) is 16.5. The molecule has 0 saturated heterocycles. The van der Waals surface area contributed by atoms with Gasteiger partial charge in [0.2, 0.25) is 5.90 Å². The molecule has 1 heterocycles. The average Bonchev–Trinajstić information content (AvgIpc) is 3.15. The van der Waals surface area contributed by atoms with Gasteiger partial charge in [-0.15, -0.1) is 0 Å². The number of amides is 1. The van der Waals surface area contributed by atoms with Gasteiger partial charge in [-0.25, -0.2) is 4.99 Å². The molecule has 126 valence electrons. The molecule has 1 aliphatic heterocycles. The predicted molar refractivity (Wildman–Crippen MR) is 103 cm³/mol. The number of aliphatic imine (C=N–C) groups is 1. The van der Waals surface area contributed by atoms with Crippen LogP contribution in [0.4, 0.5) is 5.69 Å². The van der Waals surface area contributed by atoms with Crippen molar-refractivity contribution < 1.29 is 9.53 Å². The summed E-state index contributed by atoms with van der Waals surface area (Å²) in [7, 11) is 0. The van der Waals surface area contributed by atoms with Gasteiger partial charge in [0, 0.05) is 5.57 Å². The topological polar surface area (TPSA) is 50.7 Å². The Morgan fingerprint density at radius 1 is 1.16 bits per heavy atom. The summed E-state index contributed by atoms with van der Waals surface area (Å²) in [5, 5.41) is 2.89. The molecule has 1 amide bonds. The van der Waals surface area contributed by atoms with E-state index < -0.39 is 0 Å². The highest BCUT2D eigenvalue weighted by molar-refractivity contribution is 6.10. The summed E-state index contributed by atoms with van der Waals surface area (Å²) in [5.41, 5.74) is 3.94. The number of nitrogens with zero attached hydrogens (tertiary/aromatic N) is 1. The second-order valence-corrected chi connectivity index (χ2v) is 5.78. The van der Waals surface area contributed by atoms with E-state index in [1.54, 1.807) is 6.92 Å². The molecule has 0 bridgehead atoms. The zero-order valence-electron chi connectivity index (χ0n) is 14.2. The Kier molecular flexibility index (Phi) is 5.09. The molecule has 0 aromatic heterocycles. The van der Waals surface area contributed by atoms with Crippen LogP contribution in [0, 0.1) is 0 Å². The summed E-state index contributed by atoms with van der Waals surface area (Å²) >= 11 is 0. The fourth-order valence-electron chi connectivity index (χ4n) is 2.52. The van der Waals surface area contributed by atoms with Crippen molar-refractivity contribution in [2.24, 2.45) is 4.99 Å². The lowest BCUT2D eigenvalue weighted by Crippen LogP contribution is -2.16. The summed E-state index contributed by atoms with van der Waals surface area (Å²) in [6, 6.07) is 15.8. The highest BCUT2D eigenvalue weighted by atomic mass is 16.5. The molecule has 1 aliphatic rings. The molecule has 25 heavy (non-hydrogen) atoms. The standard InChI is InChI=1S/C21H20N2O2/c1-15(2)20(24)23-18-10-6-9-17(19(18)21-22-13-14-25-21)12-11-16-7-4-3-5-8-16/h3-12H,1,13-14H2,2H3,(H,23,24)/b12-11+. The number of nitrogens with one attached hydrogen (secondary N) is 1. The van der Waals surface area contributed by atoms with Crippen LogP contribution in [0.2, 0.25) is 0 Å². The maximum absolute atomic E-state index is 12.1. The Balaban J connectivity index is 2.01. The quantitative estimate of drug-likeness (QED) is 0.660. The lowest BCUT2D eigenvalue weighted by molar-refractivity contribution is -0.112. The van der Waals surface area contributed by atoms with Crippen LogP contribution in [-0.2, 0) is 9.53 Å². The van der Waals surface area contributed by atoms with Crippen LogP contribution in [0.25, 0.3) is 12.2 Å². The number of carbonyl (C=O) groups excluding carboxylic acids is 1. The van der Waals surface area contributed by atoms with Gasteiger partial charge < -0.3 is 10.1 Å². The van der Waals surface area contributed by atoms with Gasteiger partial charge in [-0.3, -0.25) is 4.79 Å². The summed E-state index contributed by atoms with van der Waals surface area (Å²) in [6.45, 7) is 6.55. The summed E-state index contributed by atoms with van der Waals surface area (Å²) in [5.74, 6) is 0.342. The Morgan fingerprint density at radius 2 is 1.96 bits per heavy atom. The Bertz CT molecular complexity index is 851. The molecule has 0 atom stereocenters.